The molecule has 0 heterocycles. The minimum atomic E-state index is -4.94. The third-order valence-corrected chi connectivity index (χ3v) is 5.16. The first-order valence-corrected chi connectivity index (χ1v) is 8.70. The zero-order valence-corrected chi connectivity index (χ0v) is 13.1. The predicted molar refractivity (Wildman–Crippen MR) is 76.1 cm³/mol. The first-order valence-electron chi connectivity index (χ1n) is 6.06. The number of hydrogen-bond acceptors (Lipinski definition) is 3. The van der Waals surface area contributed by atoms with E-state index in [1.807, 2.05) is 4.72 Å². The fraction of sp³-hybridized carbons (Fsp3) is 0.0769. The first-order chi connectivity index (χ1) is 11.0. The van der Waals surface area contributed by atoms with Crippen LogP contribution in [0.5, 0.6) is 0 Å². The number of hydrogen-bond donors (Lipinski definition) is 1. The van der Waals surface area contributed by atoms with Gasteiger partial charge < -0.3 is 0 Å². The Morgan fingerprint density at radius 3 is 1.88 bits per heavy atom. The highest BCUT2D eigenvalue weighted by Crippen LogP contribution is 2.27. The molecule has 4 nitrogen and oxygen atoms in total. The van der Waals surface area contributed by atoms with Gasteiger partial charge in [0, 0.05) is 16.6 Å². The zero-order chi connectivity index (χ0) is 18.1. The van der Waals surface area contributed by atoms with E-state index in [1.54, 1.807) is 0 Å². The van der Waals surface area contributed by atoms with Crippen LogP contribution in [0.1, 0.15) is 0 Å². The summed E-state index contributed by atoms with van der Waals surface area (Å²) in [7, 11) is -7.60. The van der Waals surface area contributed by atoms with Gasteiger partial charge in [-0.15, -0.1) is 0 Å². The van der Waals surface area contributed by atoms with Gasteiger partial charge in [0.15, 0.2) is 10.8 Å². The second-order valence-electron chi connectivity index (χ2n) is 4.45. The van der Waals surface area contributed by atoms with Gasteiger partial charge in [0.2, 0.25) is 0 Å². The van der Waals surface area contributed by atoms with Crippen molar-refractivity contribution in [2.75, 3.05) is 4.72 Å². The Balaban J connectivity index is 2.26. The number of alkyl halides is 3. The molecule has 0 saturated carbocycles. The lowest BCUT2D eigenvalue weighted by atomic mass is 10.3. The Morgan fingerprint density at radius 1 is 0.917 bits per heavy atom. The summed E-state index contributed by atoms with van der Waals surface area (Å²) in [5.41, 5.74) is -5.11. The van der Waals surface area contributed by atoms with Crippen LogP contribution in [0.25, 0.3) is 0 Å². The number of nitrogens with one attached hydrogen (secondary N) is 1. The molecule has 0 aliphatic heterocycles. The first kappa shape index (κ1) is 18.3. The van der Waals surface area contributed by atoms with Gasteiger partial charge in [0.05, 0.1) is 4.90 Å². The lowest BCUT2D eigenvalue weighted by Gasteiger charge is -2.10. The van der Waals surface area contributed by atoms with Gasteiger partial charge >= 0.3 is 5.51 Å². The zero-order valence-electron chi connectivity index (χ0n) is 11.5. The normalized spacial score (nSPS) is 13.5. The molecule has 0 amide bonds. The van der Waals surface area contributed by atoms with E-state index in [4.69, 9.17) is 0 Å². The maximum Gasteiger partial charge on any atom is 0.475 e. The second kappa shape index (κ2) is 6.48. The van der Waals surface area contributed by atoms with Gasteiger partial charge in [-0.25, -0.2) is 21.4 Å². The molecule has 1 atom stereocenters. The van der Waals surface area contributed by atoms with Crippen LogP contribution in [0.2, 0.25) is 0 Å². The van der Waals surface area contributed by atoms with Gasteiger partial charge in [-0.2, -0.15) is 13.2 Å². The average molecular weight is 385 g/mol. The van der Waals surface area contributed by atoms with Gasteiger partial charge in [0.1, 0.15) is 11.6 Å². The number of halogens is 5. The Labute approximate surface area is 135 Å². The Hall–Kier alpha value is -2.01. The Kier molecular flexibility index (Phi) is 4.95. The van der Waals surface area contributed by atoms with Crippen molar-refractivity contribution < 1.29 is 34.6 Å². The molecule has 2 rings (SSSR count). The topological polar surface area (TPSA) is 63.2 Å². The Bertz CT molecular complexity index is 859. The molecule has 0 unspecified atom stereocenters. The molecule has 1 N–H and O–H groups in total. The largest absolute Gasteiger partial charge is 0.475 e. The molecule has 0 aliphatic carbocycles. The Morgan fingerprint density at radius 2 is 1.42 bits per heavy atom. The molecule has 0 bridgehead atoms. The lowest BCUT2D eigenvalue weighted by molar-refractivity contribution is -0.0384. The third-order valence-electron chi connectivity index (χ3n) is 2.68. The lowest BCUT2D eigenvalue weighted by Crippen LogP contribution is -2.16. The van der Waals surface area contributed by atoms with Gasteiger partial charge in [-0.3, -0.25) is 4.72 Å². The summed E-state index contributed by atoms with van der Waals surface area (Å²) in [4.78, 5) is -1.26. The van der Waals surface area contributed by atoms with Gasteiger partial charge in [0.25, 0.3) is 10.0 Å². The summed E-state index contributed by atoms with van der Waals surface area (Å²) < 4.78 is 100. The van der Waals surface area contributed by atoms with E-state index in [0.717, 1.165) is 24.3 Å². The molecule has 2 aromatic rings. The van der Waals surface area contributed by atoms with E-state index in [-0.39, 0.29) is 5.69 Å². The van der Waals surface area contributed by atoms with Crippen LogP contribution in [0.4, 0.5) is 27.6 Å². The molecule has 0 aromatic heterocycles. The minimum Gasteiger partial charge on any atom is -0.280 e. The summed E-state index contributed by atoms with van der Waals surface area (Å²) in [5, 5.41) is 0. The highest BCUT2D eigenvalue weighted by molar-refractivity contribution is 7.92. The van der Waals surface area contributed by atoms with Crippen molar-refractivity contribution >= 4 is 26.5 Å². The van der Waals surface area contributed by atoms with Gasteiger partial charge in [-0.1, -0.05) is 0 Å². The SMILES string of the molecule is O=[S@](c1ccc(NS(=O)(=O)c2cc(F)cc(F)c2)cc1)C(F)(F)F. The van der Waals surface area contributed by atoms with Crippen LogP contribution >= 0.6 is 0 Å². The quantitative estimate of drug-likeness (QED) is 0.821. The maximum atomic E-state index is 13.1. The third kappa shape index (κ3) is 4.29. The van der Waals surface area contributed by atoms with Crippen LogP contribution in [0, 0.1) is 11.6 Å². The van der Waals surface area contributed by atoms with Crippen molar-refractivity contribution in [1.29, 1.82) is 0 Å². The van der Waals surface area contributed by atoms with Crippen LogP contribution < -0.4 is 4.72 Å². The fourth-order valence-electron chi connectivity index (χ4n) is 1.68. The molecule has 0 aliphatic rings. The monoisotopic (exact) mass is 385 g/mol. The van der Waals surface area contributed by atoms with Gasteiger partial charge in [-0.05, 0) is 36.4 Å². The van der Waals surface area contributed by atoms with E-state index in [1.165, 1.54) is 0 Å². The molecule has 2 aromatic carbocycles. The summed E-state index contributed by atoms with van der Waals surface area (Å²) in [6, 6.07) is 5.21. The van der Waals surface area contributed by atoms with E-state index in [2.05, 4.69) is 0 Å². The highest BCUT2D eigenvalue weighted by Gasteiger charge is 2.37. The van der Waals surface area contributed by atoms with E-state index in [0.29, 0.717) is 18.2 Å². The smallest absolute Gasteiger partial charge is 0.280 e. The van der Waals surface area contributed by atoms with Crippen molar-refractivity contribution in [1.82, 2.24) is 0 Å². The molecule has 130 valence electrons. The summed E-state index contributed by atoms with van der Waals surface area (Å²) >= 11 is 0. The highest BCUT2D eigenvalue weighted by atomic mass is 32.2. The van der Waals surface area contributed by atoms with E-state index in [9.17, 15) is 34.6 Å². The van der Waals surface area contributed by atoms with Crippen molar-refractivity contribution in [2.45, 2.75) is 15.3 Å². The number of benzene rings is 2. The van der Waals surface area contributed by atoms with Crippen LogP contribution in [0.3, 0.4) is 0 Å². The molecule has 0 spiro atoms. The van der Waals surface area contributed by atoms with Crippen molar-refractivity contribution in [3.63, 3.8) is 0 Å². The minimum absolute atomic E-state index is 0.164. The molecule has 0 fully saturated rings. The van der Waals surface area contributed by atoms with Crippen molar-refractivity contribution in [3.8, 4) is 0 Å². The standard InChI is InChI=1S/C13H8F5NO3S2/c14-8-5-9(15)7-12(6-8)24(21,22)19-10-1-3-11(4-2-10)23(20)13(16,17)18/h1-7,19H/t23-/m1/s1. The molecule has 11 heteroatoms. The number of anilines is 1. The molecule has 0 radical (unpaired) electrons. The maximum absolute atomic E-state index is 13.1. The van der Waals surface area contributed by atoms with Crippen molar-refractivity contribution in [3.05, 3.63) is 54.1 Å². The van der Waals surface area contributed by atoms with Crippen LogP contribution in [-0.2, 0) is 20.8 Å². The average Bonchev–Trinajstić information content (AvgIpc) is 2.45. The fourth-order valence-corrected chi connectivity index (χ4v) is 3.43. The summed E-state index contributed by atoms with van der Waals surface area (Å²) in [6.45, 7) is 0. The van der Waals surface area contributed by atoms with E-state index < -0.39 is 47.8 Å². The number of sulfonamides is 1. The molecule has 24 heavy (non-hydrogen) atoms. The summed E-state index contributed by atoms with van der Waals surface area (Å²) in [6.07, 6.45) is 0. The molecular formula is C13H8F5NO3S2. The van der Waals surface area contributed by atoms with E-state index >= 15 is 0 Å². The molecular weight excluding hydrogens is 377 g/mol. The molecule has 0 saturated heterocycles. The predicted octanol–water partition coefficient (Wildman–Crippen LogP) is 3.39. The summed E-state index contributed by atoms with van der Waals surface area (Å²) in [5.74, 6) is -2.21. The van der Waals surface area contributed by atoms with Crippen LogP contribution in [-0.4, -0.2) is 18.1 Å². The number of rotatable bonds is 4. The van der Waals surface area contributed by atoms with Crippen molar-refractivity contribution in [2.24, 2.45) is 0 Å². The van der Waals surface area contributed by atoms with Crippen LogP contribution in [0.15, 0.2) is 52.3 Å². The second-order valence-corrected chi connectivity index (χ2v) is 7.60.